The maximum Gasteiger partial charge on any atom is 0.0468 e. The summed E-state index contributed by atoms with van der Waals surface area (Å²) >= 11 is 0. The predicted molar refractivity (Wildman–Crippen MR) is 236 cm³/mol. The highest BCUT2D eigenvalue weighted by Gasteiger charge is 2.48. The minimum atomic E-state index is -0.0537. The molecule has 0 aliphatic heterocycles. The van der Waals surface area contributed by atoms with Gasteiger partial charge in [0.05, 0.1) is 0 Å². The predicted octanol–water partition coefficient (Wildman–Crippen LogP) is 14.9. The number of fused-ring (bicyclic) bond motifs is 9. The quantitative estimate of drug-likeness (QED) is 0.176. The van der Waals surface area contributed by atoms with Crippen molar-refractivity contribution in [1.29, 1.82) is 0 Å². The van der Waals surface area contributed by atoms with Crippen molar-refractivity contribution in [2.45, 2.75) is 116 Å². The molecule has 9 rings (SSSR count). The van der Waals surface area contributed by atoms with E-state index in [4.69, 9.17) is 0 Å². The van der Waals surface area contributed by atoms with Crippen molar-refractivity contribution in [3.8, 4) is 33.4 Å². The van der Waals surface area contributed by atoms with Crippen molar-refractivity contribution in [3.63, 3.8) is 0 Å². The third kappa shape index (κ3) is 4.59. The zero-order valence-corrected chi connectivity index (χ0v) is 35.1. The third-order valence-corrected chi connectivity index (χ3v) is 16.2. The van der Waals surface area contributed by atoms with E-state index < -0.39 is 0 Å². The Kier molecular flexibility index (Phi) is 7.39. The van der Waals surface area contributed by atoms with Crippen molar-refractivity contribution in [1.82, 2.24) is 0 Å². The zero-order valence-electron chi connectivity index (χ0n) is 35.1. The lowest BCUT2D eigenvalue weighted by Crippen LogP contribution is -2.43. The van der Waals surface area contributed by atoms with E-state index in [1.165, 1.54) is 83.8 Å². The van der Waals surface area contributed by atoms with E-state index >= 15 is 0 Å². The lowest BCUT2D eigenvalue weighted by molar-refractivity contribution is 0.299. The summed E-state index contributed by atoms with van der Waals surface area (Å²) in [5.74, 6) is 0. The highest BCUT2D eigenvalue weighted by atomic mass is 15.1. The molecule has 0 saturated heterocycles. The molecule has 0 radical (unpaired) electrons. The largest absolute Gasteiger partial charge is 0.310 e. The molecule has 0 heterocycles. The lowest BCUT2D eigenvalue weighted by Gasteiger charge is -2.49. The standard InChI is InChI=1S/C54H57N/c1-49(2)43-22-16-13-19-37(43)40-31-34(25-28-46(40)52(49,7)8)55(35-26-29-47-41(32-35)38-20-14-17-23-44(38)50(3,4)53(47,9)10)36-27-30-48-42(33-36)39-21-15-18-24-45(39)51(5,6)54(48,11)12/h13-33H,1-12H3. The second-order valence-electron chi connectivity index (χ2n) is 19.9. The topological polar surface area (TPSA) is 3.24 Å². The molecule has 3 aliphatic rings. The summed E-state index contributed by atoms with van der Waals surface area (Å²) in [6.07, 6.45) is 0. The van der Waals surface area contributed by atoms with Crippen LogP contribution in [-0.4, -0.2) is 0 Å². The van der Waals surface area contributed by atoms with Gasteiger partial charge in [-0.05, 0) is 136 Å². The minimum absolute atomic E-state index is 0.0171. The molecule has 0 fully saturated rings. The molecule has 0 amide bonds. The van der Waals surface area contributed by atoms with Crippen molar-refractivity contribution in [2.75, 3.05) is 4.90 Å². The van der Waals surface area contributed by atoms with E-state index in [9.17, 15) is 0 Å². The van der Waals surface area contributed by atoms with E-state index in [0.717, 1.165) is 0 Å². The summed E-state index contributed by atoms with van der Waals surface area (Å²) in [6.45, 7) is 29.0. The van der Waals surface area contributed by atoms with Crippen LogP contribution in [-0.2, 0) is 32.5 Å². The monoisotopic (exact) mass is 719 g/mol. The number of hydrogen-bond acceptors (Lipinski definition) is 1. The van der Waals surface area contributed by atoms with Crippen LogP contribution < -0.4 is 4.90 Å². The van der Waals surface area contributed by atoms with Crippen LogP contribution in [0.3, 0.4) is 0 Å². The van der Waals surface area contributed by atoms with Gasteiger partial charge in [0.2, 0.25) is 0 Å². The van der Waals surface area contributed by atoms with Crippen LogP contribution in [0.15, 0.2) is 127 Å². The molecule has 0 spiro atoms. The van der Waals surface area contributed by atoms with Gasteiger partial charge in [-0.3, -0.25) is 0 Å². The van der Waals surface area contributed by atoms with E-state index in [2.05, 4.69) is 215 Å². The van der Waals surface area contributed by atoms with E-state index in [0.29, 0.717) is 0 Å². The minimum Gasteiger partial charge on any atom is -0.310 e. The Morgan fingerprint density at radius 3 is 0.727 bits per heavy atom. The second-order valence-corrected chi connectivity index (χ2v) is 19.9. The van der Waals surface area contributed by atoms with E-state index in [-0.39, 0.29) is 32.5 Å². The Labute approximate surface area is 330 Å². The fourth-order valence-corrected chi connectivity index (χ4v) is 10.6. The molecule has 6 aromatic rings. The summed E-state index contributed by atoms with van der Waals surface area (Å²) in [6, 6.07) is 49.1. The normalized spacial score (nSPS) is 19.4. The van der Waals surface area contributed by atoms with Gasteiger partial charge in [0.1, 0.15) is 0 Å². The van der Waals surface area contributed by atoms with Crippen molar-refractivity contribution >= 4 is 17.1 Å². The first-order chi connectivity index (χ1) is 25.8. The summed E-state index contributed by atoms with van der Waals surface area (Å²) in [7, 11) is 0. The van der Waals surface area contributed by atoms with Gasteiger partial charge in [-0.2, -0.15) is 0 Å². The van der Waals surface area contributed by atoms with Gasteiger partial charge < -0.3 is 4.90 Å². The van der Waals surface area contributed by atoms with Gasteiger partial charge in [-0.15, -0.1) is 0 Å². The average Bonchev–Trinajstić information content (AvgIpc) is 3.16. The second kappa shape index (κ2) is 11.3. The Morgan fingerprint density at radius 2 is 0.473 bits per heavy atom. The van der Waals surface area contributed by atoms with Crippen molar-refractivity contribution in [2.24, 2.45) is 0 Å². The summed E-state index contributed by atoms with van der Waals surface area (Å²) in [4.78, 5) is 2.53. The summed E-state index contributed by atoms with van der Waals surface area (Å²) in [5.41, 5.74) is 19.8. The molecule has 1 nitrogen and oxygen atoms in total. The molecule has 0 aromatic heterocycles. The molecule has 1 heteroatoms. The fraction of sp³-hybridized carbons (Fsp3) is 0.333. The molecular weight excluding hydrogens is 663 g/mol. The number of nitrogens with zero attached hydrogens (tertiary/aromatic N) is 1. The number of hydrogen-bond donors (Lipinski definition) is 0. The van der Waals surface area contributed by atoms with Gasteiger partial charge >= 0.3 is 0 Å². The molecule has 0 bridgehead atoms. The summed E-state index contributed by atoms with van der Waals surface area (Å²) in [5, 5.41) is 0. The number of anilines is 3. The van der Waals surface area contributed by atoms with Gasteiger partial charge in [-0.25, -0.2) is 0 Å². The SMILES string of the molecule is CC1(C)c2ccccc2-c2cc(N(c3ccc4c(c3)-c3ccccc3C(C)(C)C4(C)C)c3ccc4c(c3)-c3ccccc3C(C)(C)C4(C)C)ccc2C1(C)C. The summed E-state index contributed by atoms with van der Waals surface area (Å²) < 4.78 is 0. The Balaban J connectivity index is 1.32. The van der Waals surface area contributed by atoms with E-state index in [1.54, 1.807) is 0 Å². The maximum atomic E-state index is 2.53. The van der Waals surface area contributed by atoms with Crippen molar-refractivity contribution < 1.29 is 0 Å². The van der Waals surface area contributed by atoms with Crippen LogP contribution >= 0.6 is 0 Å². The molecule has 0 atom stereocenters. The van der Waals surface area contributed by atoms with Crippen LogP contribution in [0.4, 0.5) is 17.1 Å². The van der Waals surface area contributed by atoms with Crippen molar-refractivity contribution in [3.05, 3.63) is 161 Å². The highest BCUT2D eigenvalue weighted by Crippen LogP contribution is 2.58. The first-order valence-electron chi connectivity index (χ1n) is 20.4. The van der Waals surface area contributed by atoms with Gasteiger partial charge in [0.25, 0.3) is 0 Å². The Hall–Kier alpha value is -4.88. The van der Waals surface area contributed by atoms with Crippen LogP contribution in [0, 0.1) is 0 Å². The molecule has 278 valence electrons. The molecule has 0 saturated carbocycles. The highest BCUT2D eigenvalue weighted by molar-refractivity contribution is 5.90. The smallest absolute Gasteiger partial charge is 0.0468 e. The lowest BCUT2D eigenvalue weighted by atomic mass is 9.55. The number of benzene rings is 6. The molecule has 55 heavy (non-hydrogen) atoms. The van der Waals surface area contributed by atoms with Gasteiger partial charge in [-0.1, -0.05) is 174 Å². The fourth-order valence-electron chi connectivity index (χ4n) is 10.6. The first kappa shape index (κ1) is 35.8. The molecule has 0 unspecified atom stereocenters. The molecule has 6 aromatic carbocycles. The maximum absolute atomic E-state index is 2.53. The van der Waals surface area contributed by atoms with Crippen LogP contribution in [0.2, 0.25) is 0 Å². The number of rotatable bonds is 3. The van der Waals surface area contributed by atoms with E-state index in [1.807, 2.05) is 0 Å². The van der Waals surface area contributed by atoms with Crippen LogP contribution in [0.1, 0.15) is 116 Å². The Morgan fingerprint density at radius 1 is 0.255 bits per heavy atom. The molecule has 0 N–H and O–H groups in total. The Bertz CT molecular complexity index is 2270. The molecule has 3 aliphatic carbocycles. The molecular formula is C54H57N. The van der Waals surface area contributed by atoms with Gasteiger partial charge in [0, 0.05) is 17.1 Å². The van der Waals surface area contributed by atoms with Gasteiger partial charge in [0.15, 0.2) is 0 Å². The van der Waals surface area contributed by atoms with Crippen LogP contribution in [0.25, 0.3) is 33.4 Å². The zero-order chi connectivity index (χ0) is 39.1. The van der Waals surface area contributed by atoms with Crippen LogP contribution in [0.5, 0.6) is 0 Å². The third-order valence-electron chi connectivity index (χ3n) is 16.2. The first-order valence-corrected chi connectivity index (χ1v) is 20.4. The average molecular weight is 720 g/mol.